The lowest BCUT2D eigenvalue weighted by molar-refractivity contribution is -0.133. The summed E-state index contributed by atoms with van der Waals surface area (Å²) in [5.74, 6) is -1.67. The van der Waals surface area contributed by atoms with Gasteiger partial charge in [-0.05, 0) is 47.3 Å². The lowest BCUT2D eigenvalue weighted by atomic mass is 10.0. The van der Waals surface area contributed by atoms with Gasteiger partial charge in [-0.2, -0.15) is 5.10 Å². The summed E-state index contributed by atoms with van der Waals surface area (Å²) in [4.78, 5) is 31.7. The zero-order valence-corrected chi connectivity index (χ0v) is 21.6. The van der Waals surface area contributed by atoms with Gasteiger partial charge < -0.3 is 9.64 Å². The van der Waals surface area contributed by atoms with E-state index in [1.54, 1.807) is 18.2 Å². The third-order valence-corrected chi connectivity index (χ3v) is 7.62. The van der Waals surface area contributed by atoms with Gasteiger partial charge in [0.25, 0.3) is 11.8 Å². The average molecular weight is 539 g/mol. The molecule has 1 atom stereocenters. The molecule has 0 spiro atoms. The predicted molar refractivity (Wildman–Crippen MR) is 141 cm³/mol. The molecule has 1 fully saturated rings. The van der Waals surface area contributed by atoms with Crippen molar-refractivity contribution in [3.8, 4) is 0 Å². The molecule has 5 rings (SSSR count). The molecular weight excluding hydrogens is 510 g/mol. The minimum Gasteiger partial charge on any atom is -0.379 e. The fourth-order valence-corrected chi connectivity index (χ4v) is 5.38. The number of amides is 2. The highest BCUT2D eigenvalue weighted by atomic mass is 32.1. The summed E-state index contributed by atoms with van der Waals surface area (Å²) < 4.78 is 32.9. The minimum atomic E-state index is -0.517. The molecule has 2 amide bonds. The van der Waals surface area contributed by atoms with Crippen LogP contribution in [0.5, 0.6) is 0 Å². The van der Waals surface area contributed by atoms with E-state index in [9.17, 15) is 18.4 Å². The van der Waals surface area contributed by atoms with E-state index in [2.05, 4.69) is 10.0 Å². The Morgan fingerprint density at radius 1 is 1.03 bits per heavy atom. The normalized spacial score (nSPS) is 17.9. The highest BCUT2D eigenvalue weighted by Gasteiger charge is 2.35. The van der Waals surface area contributed by atoms with Gasteiger partial charge >= 0.3 is 0 Å². The number of thiophene rings is 1. The highest BCUT2D eigenvalue weighted by Crippen LogP contribution is 2.34. The van der Waals surface area contributed by atoms with Crippen LogP contribution in [0, 0.1) is 11.6 Å². The Bertz CT molecular complexity index is 1290. The second-order valence-corrected chi connectivity index (χ2v) is 10.2. The summed E-state index contributed by atoms with van der Waals surface area (Å²) in [7, 11) is 0. The maximum absolute atomic E-state index is 13.9. The Morgan fingerprint density at radius 2 is 1.82 bits per heavy atom. The number of hydrogen-bond acceptors (Lipinski definition) is 6. The lowest BCUT2D eigenvalue weighted by Gasteiger charge is -2.31. The number of ether oxygens (including phenoxy) is 1. The molecule has 0 radical (unpaired) electrons. The van der Waals surface area contributed by atoms with Gasteiger partial charge in [0.05, 0.1) is 29.8 Å². The quantitative estimate of drug-likeness (QED) is 0.432. The summed E-state index contributed by atoms with van der Waals surface area (Å²) in [6.45, 7) is 3.33. The van der Waals surface area contributed by atoms with Crippen LogP contribution in [0.1, 0.15) is 33.3 Å². The van der Waals surface area contributed by atoms with Crippen molar-refractivity contribution >= 4 is 28.9 Å². The molecule has 1 saturated heterocycles. The third-order valence-electron chi connectivity index (χ3n) is 6.70. The molecule has 38 heavy (non-hydrogen) atoms. The molecule has 2 aliphatic heterocycles. The standard InChI is InChI=1S/C28H28F2N4O3S/c29-22-8-6-20(7-9-22)25-18-24(26-5-2-16-38-26)31-34(25)27(35)19-33(11-10-32-12-14-37-15-13-32)28(36)21-3-1-4-23(30)17-21/h1-9,16-17,25H,10-15,18-19H2. The van der Waals surface area contributed by atoms with Crippen LogP contribution in [0.3, 0.4) is 0 Å². The van der Waals surface area contributed by atoms with E-state index in [-0.39, 0.29) is 30.4 Å². The van der Waals surface area contributed by atoms with Gasteiger partial charge in [0.1, 0.15) is 18.2 Å². The molecule has 198 valence electrons. The molecule has 1 aromatic heterocycles. The van der Waals surface area contributed by atoms with E-state index in [1.165, 1.54) is 51.6 Å². The third kappa shape index (κ3) is 6.15. The SMILES string of the molecule is O=C(c1cccc(F)c1)N(CCN1CCOCC1)CC(=O)N1N=C(c2cccs2)CC1c1ccc(F)cc1. The van der Waals surface area contributed by atoms with Crippen LogP contribution in [0.2, 0.25) is 0 Å². The van der Waals surface area contributed by atoms with Crippen LogP contribution in [0.4, 0.5) is 8.78 Å². The summed E-state index contributed by atoms with van der Waals surface area (Å²) in [5.41, 5.74) is 1.70. The van der Waals surface area contributed by atoms with E-state index >= 15 is 0 Å². The molecule has 2 aliphatic rings. The van der Waals surface area contributed by atoms with Crippen molar-refractivity contribution in [2.24, 2.45) is 5.10 Å². The number of benzene rings is 2. The Balaban J connectivity index is 1.39. The number of morpholine rings is 1. The number of carbonyl (C=O) groups excluding carboxylic acids is 2. The first-order valence-corrected chi connectivity index (χ1v) is 13.4. The van der Waals surface area contributed by atoms with Crippen LogP contribution in [0.25, 0.3) is 0 Å². The molecule has 0 N–H and O–H groups in total. The topological polar surface area (TPSA) is 65.5 Å². The second kappa shape index (κ2) is 11.9. The Hall–Kier alpha value is -3.47. The van der Waals surface area contributed by atoms with Gasteiger partial charge in [-0.25, -0.2) is 13.8 Å². The van der Waals surface area contributed by atoms with Gasteiger partial charge in [-0.1, -0.05) is 24.3 Å². The average Bonchev–Trinajstić information content (AvgIpc) is 3.62. The van der Waals surface area contributed by atoms with E-state index in [0.29, 0.717) is 26.2 Å². The fraction of sp³-hybridized carbons (Fsp3) is 0.321. The summed E-state index contributed by atoms with van der Waals surface area (Å²) >= 11 is 1.53. The first kappa shape index (κ1) is 26.1. The Labute approximate surface area is 223 Å². The summed E-state index contributed by atoms with van der Waals surface area (Å²) in [6.07, 6.45) is 0.476. The van der Waals surface area contributed by atoms with Crippen LogP contribution in [0.15, 0.2) is 71.1 Å². The number of nitrogens with zero attached hydrogens (tertiary/aromatic N) is 4. The van der Waals surface area contributed by atoms with Crippen molar-refractivity contribution < 1.29 is 23.1 Å². The van der Waals surface area contributed by atoms with E-state index < -0.39 is 17.8 Å². The monoisotopic (exact) mass is 538 g/mol. The van der Waals surface area contributed by atoms with Gasteiger partial charge in [-0.15, -0.1) is 11.3 Å². The molecule has 0 saturated carbocycles. The minimum absolute atomic E-state index is 0.180. The predicted octanol–water partition coefficient (Wildman–Crippen LogP) is 4.18. The van der Waals surface area contributed by atoms with Crippen molar-refractivity contribution in [1.82, 2.24) is 14.8 Å². The summed E-state index contributed by atoms with van der Waals surface area (Å²) in [5, 5.41) is 8.00. The first-order valence-electron chi connectivity index (χ1n) is 12.5. The van der Waals surface area contributed by atoms with Gasteiger partial charge in [0.2, 0.25) is 0 Å². The van der Waals surface area contributed by atoms with Crippen molar-refractivity contribution in [3.63, 3.8) is 0 Å². The molecule has 0 bridgehead atoms. The van der Waals surface area contributed by atoms with Crippen molar-refractivity contribution in [2.45, 2.75) is 12.5 Å². The highest BCUT2D eigenvalue weighted by molar-refractivity contribution is 7.12. The second-order valence-electron chi connectivity index (χ2n) is 9.22. The van der Waals surface area contributed by atoms with E-state index in [0.717, 1.165) is 29.2 Å². The molecule has 3 aromatic rings. The zero-order chi connectivity index (χ0) is 26.5. The molecule has 3 heterocycles. The molecule has 1 unspecified atom stereocenters. The number of hydrogen-bond donors (Lipinski definition) is 0. The lowest BCUT2D eigenvalue weighted by Crippen LogP contribution is -2.46. The number of halogens is 2. The van der Waals surface area contributed by atoms with Crippen molar-refractivity contribution in [1.29, 1.82) is 0 Å². The molecule has 2 aromatic carbocycles. The molecule has 7 nitrogen and oxygen atoms in total. The Kier molecular flexibility index (Phi) is 8.21. The van der Waals surface area contributed by atoms with Gasteiger partial charge in [0.15, 0.2) is 0 Å². The number of hydrazone groups is 1. The van der Waals surface area contributed by atoms with Crippen LogP contribution >= 0.6 is 11.3 Å². The number of rotatable bonds is 8. The van der Waals surface area contributed by atoms with Crippen molar-refractivity contribution in [2.75, 3.05) is 45.9 Å². The zero-order valence-electron chi connectivity index (χ0n) is 20.8. The number of carbonyl (C=O) groups is 2. The maximum atomic E-state index is 13.9. The molecule has 0 aliphatic carbocycles. The van der Waals surface area contributed by atoms with Crippen LogP contribution in [-0.2, 0) is 9.53 Å². The van der Waals surface area contributed by atoms with Crippen LogP contribution < -0.4 is 0 Å². The largest absolute Gasteiger partial charge is 0.379 e. The van der Waals surface area contributed by atoms with Crippen molar-refractivity contribution in [3.05, 3.63) is 93.7 Å². The fourth-order valence-electron chi connectivity index (χ4n) is 4.66. The maximum Gasteiger partial charge on any atom is 0.262 e. The Morgan fingerprint density at radius 3 is 2.53 bits per heavy atom. The van der Waals surface area contributed by atoms with Gasteiger partial charge in [0, 0.05) is 38.2 Å². The molecule has 10 heteroatoms. The van der Waals surface area contributed by atoms with Crippen LogP contribution in [-0.4, -0.2) is 78.3 Å². The molecular formula is C28H28F2N4O3S. The van der Waals surface area contributed by atoms with Gasteiger partial charge in [-0.3, -0.25) is 14.5 Å². The first-order chi connectivity index (χ1) is 18.5. The van der Waals surface area contributed by atoms with E-state index in [1.807, 2.05) is 17.5 Å². The summed E-state index contributed by atoms with van der Waals surface area (Å²) in [6, 6.07) is 15.0. The van der Waals surface area contributed by atoms with E-state index in [4.69, 9.17) is 4.74 Å². The smallest absolute Gasteiger partial charge is 0.262 e.